The summed E-state index contributed by atoms with van der Waals surface area (Å²) in [7, 11) is 0. The van der Waals surface area contributed by atoms with E-state index in [1.165, 1.54) is 98.5 Å². The standard InChI is InChI=1S/C56H36N2/c1-4-14-37(15-5-1)40-26-30-46-47-31-27-41(35-51(47)45-21-11-10-20-44(45)50(46)34-40)38-24-28-43(29-25-38)58-53-23-13-12-22-48(53)49-32-33-54-52(56(49)58)36-55(39-16-6-2-7-17-39)57(54)42-18-8-3-9-19-42/h1-36H. The summed E-state index contributed by atoms with van der Waals surface area (Å²) in [5, 5.41) is 11.4. The second-order valence-corrected chi connectivity index (χ2v) is 15.3. The Bertz CT molecular complexity index is 3500. The summed E-state index contributed by atoms with van der Waals surface area (Å²) in [5.74, 6) is 0. The van der Waals surface area contributed by atoms with Crippen molar-refractivity contribution in [2.75, 3.05) is 0 Å². The number of para-hydroxylation sites is 2. The third-order valence-electron chi connectivity index (χ3n) is 12.1. The van der Waals surface area contributed by atoms with Crippen LogP contribution in [-0.4, -0.2) is 9.13 Å². The molecule has 0 fully saturated rings. The molecular weight excluding hydrogens is 701 g/mol. The van der Waals surface area contributed by atoms with Gasteiger partial charge in [0.05, 0.1) is 22.2 Å². The molecule has 0 aliphatic heterocycles. The van der Waals surface area contributed by atoms with Crippen molar-refractivity contribution < 1.29 is 0 Å². The fourth-order valence-corrected chi connectivity index (χ4v) is 9.43. The van der Waals surface area contributed by atoms with Crippen LogP contribution in [0.3, 0.4) is 0 Å². The molecule has 0 unspecified atom stereocenters. The van der Waals surface area contributed by atoms with E-state index in [-0.39, 0.29) is 0 Å². The highest BCUT2D eigenvalue weighted by molar-refractivity contribution is 6.26. The minimum Gasteiger partial charge on any atom is -0.309 e. The molecule has 0 N–H and O–H groups in total. The van der Waals surface area contributed by atoms with Gasteiger partial charge in [0.15, 0.2) is 0 Å². The summed E-state index contributed by atoms with van der Waals surface area (Å²) in [6.07, 6.45) is 0. The molecule has 0 bridgehead atoms. The van der Waals surface area contributed by atoms with Crippen LogP contribution in [0.25, 0.3) is 110 Å². The minimum absolute atomic E-state index is 1.14. The van der Waals surface area contributed by atoms with E-state index in [2.05, 4.69) is 228 Å². The van der Waals surface area contributed by atoms with Crippen molar-refractivity contribution in [2.45, 2.75) is 0 Å². The summed E-state index contributed by atoms with van der Waals surface area (Å²) >= 11 is 0. The third-order valence-corrected chi connectivity index (χ3v) is 12.1. The molecule has 12 rings (SSSR count). The van der Waals surface area contributed by atoms with Crippen molar-refractivity contribution in [3.8, 4) is 44.9 Å². The third kappa shape index (κ3) is 4.99. The van der Waals surface area contributed by atoms with E-state index in [4.69, 9.17) is 0 Å². The average molecular weight is 737 g/mol. The van der Waals surface area contributed by atoms with Crippen molar-refractivity contribution in [3.05, 3.63) is 218 Å². The summed E-state index contributed by atoms with van der Waals surface area (Å²) in [5.41, 5.74) is 13.1. The van der Waals surface area contributed by atoms with Crippen LogP contribution in [0, 0.1) is 0 Å². The van der Waals surface area contributed by atoms with Gasteiger partial charge in [-0.05, 0) is 115 Å². The first-order valence-electron chi connectivity index (χ1n) is 20.0. The van der Waals surface area contributed by atoms with Gasteiger partial charge in [-0.3, -0.25) is 0 Å². The smallest absolute Gasteiger partial charge is 0.0635 e. The molecule has 12 aromatic rings. The topological polar surface area (TPSA) is 9.86 Å². The first-order valence-corrected chi connectivity index (χ1v) is 20.0. The lowest BCUT2D eigenvalue weighted by molar-refractivity contribution is 1.13. The zero-order valence-electron chi connectivity index (χ0n) is 31.7. The Kier molecular flexibility index (Phi) is 7.26. The molecule has 2 nitrogen and oxygen atoms in total. The van der Waals surface area contributed by atoms with Crippen LogP contribution in [0.4, 0.5) is 0 Å². The van der Waals surface area contributed by atoms with Crippen LogP contribution in [0.2, 0.25) is 0 Å². The van der Waals surface area contributed by atoms with E-state index in [1.54, 1.807) is 0 Å². The van der Waals surface area contributed by atoms with Crippen LogP contribution < -0.4 is 0 Å². The summed E-state index contributed by atoms with van der Waals surface area (Å²) in [6, 6.07) is 79.9. The summed E-state index contributed by atoms with van der Waals surface area (Å²) in [4.78, 5) is 0. The van der Waals surface area contributed by atoms with Gasteiger partial charge in [-0.2, -0.15) is 0 Å². The number of nitrogens with zero attached hydrogens (tertiary/aromatic N) is 2. The van der Waals surface area contributed by atoms with Crippen molar-refractivity contribution >= 4 is 65.0 Å². The Labute approximate surface area is 336 Å². The lowest BCUT2D eigenvalue weighted by Crippen LogP contribution is -1.97. The van der Waals surface area contributed by atoms with Crippen LogP contribution in [0.5, 0.6) is 0 Å². The molecule has 0 aliphatic carbocycles. The van der Waals surface area contributed by atoms with Gasteiger partial charge in [0.2, 0.25) is 0 Å². The molecule has 2 aromatic heterocycles. The van der Waals surface area contributed by atoms with E-state index in [9.17, 15) is 0 Å². The molecule has 270 valence electrons. The second-order valence-electron chi connectivity index (χ2n) is 15.3. The molecule has 0 aliphatic rings. The van der Waals surface area contributed by atoms with Gasteiger partial charge < -0.3 is 9.13 Å². The quantitative estimate of drug-likeness (QED) is 0.156. The number of aromatic nitrogens is 2. The highest BCUT2D eigenvalue weighted by atomic mass is 15.0. The minimum atomic E-state index is 1.14. The first kappa shape index (κ1) is 32.6. The van der Waals surface area contributed by atoms with E-state index in [1.807, 2.05) is 0 Å². The highest BCUT2D eigenvalue weighted by Gasteiger charge is 2.20. The molecule has 0 spiro atoms. The van der Waals surface area contributed by atoms with E-state index >= 15 is 0 Å². The van der Waals surface area contributed by atoms with Crippen molar-refractivity contribution in [3.63, 3.8) is 0 Å². The van der Waals surface area contributed by atoms with E-state index in [0.717, 1.165) is 11.4 Å². The highest BCUT2D eigenvalue weighted by Crippen LogP contribution is 2.42. The van der Waals surface area contributed by atoms with Crippen LogP contribution in [0.1, 0.15) is 0 Å². The normalized spacial score (nSPS) is 11.8. The SMILES string of the molecule is c1ccc(-c2ccc3c4ccc(-c5ccc(-n6c7ccccc7c7ccc8c(cc(-c9ccccc9)n8-c8ccccc8)c76)cc5)cc4c4ccccc4c3c2)cc1. The number of fused-ring (bicyclic) bond motifs is 11. The van der Waals surface area contributed by atoms with Gasteiger partial charge in [-0.15, -0.1) is 0 Å². The predicted octanol–water partition coefficient (Wildman–Crippen LogP) is 15.2. The first-order chi connectivity index (χ1) is 28.8. The van der Waals surface area contributed by atoms with Crippen LogP contribution in [0.15, 0.2) is 218 Å². The fourth-order valence-electron chi connectivity index (χ4n) is 9.43. The Morgan fingerprint density at radius 3 is 1.31 bits per heavy atom. The maximum absolute atomic E-state index is 2.46. The molecular formula is C56H36N2. The Balaban J connectivity index is 1.03. The second kappa shape index (κ2) is 12.9. The number of hydrogen-bond donors (Lipinski definition) is 0. The molecule has 58 heavy (non-hydrogen) atoms. The maximum Gasteiger partial charge on any atom is 0.0635 e. The van der Waals surface area contributed by atoms with Gasteiger partial charge in [0.25, 0.3) is 0 Å². The van der Waals surface area contributed by atoms with Gasteiger partial charge in [0.1, 0.15) is 0 Å². The fraction of sp³-hybridized carbons (Fsp3) is 0. The zero-order valence-corrected chi connectivity index (χ0v) is 31.7. The predicted molar refractivity (Wildman–Crippen MR) is 246 cm³/mol. The van der Waals surface area contributed by atoms with Gasteiger partial charge in [-0.25, -0.2) is 0 Å². The molecule has 0 atom stereocenters. The van der Waals surface area contributed by atoms with Crippen molar-refractivity contribution in [1.29, 1.82) is 0 Å². The van der Waals surface area contributed by atoms with Gasteiger partial charge >= 0.3 is 0 Å². The van der Waals surface area contributed by atoms with Crippen molar-refractivity contribution in [2.24, 2.45) is 0 Å². The molecule has 0 amide bonds. The Morgan fingerprint density at radius 1 is 0.224 bits per heavy atom. The van der Waals surface area contributed by atoms with Crippen molar-refractivity contribution in [1.82, 2.24) is 9.13 Å². The number of hydrogen-bond acceptors (Lipinski definition) is 0. The van der Waals surface area contributed by atoms with E-state index in [0.29, 0.717) is 0 Å². The Morgan fingerprint density at radius 2 is 0.672 bits per heavy atom. The summed E-state index contributed by atoms with van der Waals surface area (Å²) < 4.78 is 4.87. The molecule has 2 heterocycles. The van der Waals surface area contributed by atoms with Gasteiger partial charge in [0, 0.05) is 27.5 Å². The van der Waals surface area contributed by atoms with Gasteiger partial charge in [-0.1, -0.05) is 164 Å². The Hall–Kier alpha value is -7.68. The molecule has 10 aromatic carbocycles. The number of benzene rings is 10. The van der Waals surface area contributed by atoms with E-state index < -0.39 is 0 Å². The lowest BCUT2D eigenvalue weighted by atomic mass is 9.90. The summed E-state index contributed by atoms with van der Waals surface area (Å²) in [6.45, 7) is 0. The largest absolute Gasteiger partial charge is 0.309 e. The van der Waals surface area contributed by atoms with Crippen LogP contribution in [-0.2, 0) is 0 Å². The molecule has 0 saturated heterocycles. The number of rotatable bonds is 5. The maximum atomic E-state index is 2.46. The molecule has 2 heteroatoms. The lowest BCUT2D eigenvalue weighted by Gasteiger charge is -2.14. The average Bonchev–Trinajstić information content (AvgIpc) is 3.86. The molecule has 0 radical (unpaired) electrons. The monoisotopic (exact) mass is 736 g/mol. The zero-order chi connectivity index (χ0) is 38.2. The van der Waals surface area contributed by atoms with Crippen LogP contribution >= 0.6 is 0 Å². The molecule has 0 saturated carbocycles.